The van der Waals surface area contributed by atoms with Crippen molar-refractivity contribution in [2.24, 2.45) is 4.99 Å². The number of ether oxygens (including phenoxy) is 1. The number of aliphatic imine (C=N–C) groups is 1. The molecule has 0 aliphatic rings. The maximum absolute atomic E-state index is 13.4. The topological polar surface area (TPSA) is 69.6 Å². The van der Waals surface area contributed by atoms with Crippen molar-refractivity contribution in [2.75, 3.05) is 6.61 Å². The predicted molar refractivity (Wildman–Crippen MR) is 149 cm³/mol. The van der Waals surface area contributed by atoms with Crippen molar-refractivity contribution in [3.05, 3.63) is 107 Å². The van der Waals surface area contributed by atoms with E-state index in [9.17, 15) is 4.79 Å². The molecule has 2 heterocycles. The summed E-state index contributed by atoms with van der Waals surface area (Å²) < 4.78 is 13.4. The minimum atomic E-state index is -0.120. The summed E-state index contributed by atoms with van der Waals surface area (Å²) in [7, 11) is 0. The summed E-state index contributed by atoms with van der Waals surface area (Å²) in [6, 6.07) is 28.3. The van der Waals surface area contributed by atoms with Crippen LogP contribution >= 0.6 is 11.8 Å². The molecule has 0 bridgehead atoms. The molecule has 37 heavy (non-hydrogen) atoms. The van der Waals surface area contributed by atoms with Crippen LogP contribution in [0, 0.1) is 0 Å². The van der Waals surface area contributed by atoms with E-state index in [0.29, 0.717) is 26.9 Å². The standard InChI is InChI=1S/C30H27N3O3S/c1-2-3-9-20-35-24-16-14-22(15-17-24)31-21-25-18-19-28(36-25)37-30-32-27-13-8-7-12-26(27)29(34)33(30)23-10-5-4-6-11-23/h4-8,10-19,21H,2-3,9,20H2,1H3. The van der Waals surface area contributed by atoms with Gasteiger partial charge in [0.05, 0.1) is 35.1 Å². The van der Waals surface area contributed by atoms with Gasteiger partial charge in [-0.15, -0.1) is 0 Å². The summed E-state index contributed by atoms with van der Waals surface area (Å²) in [6.07, 6.45) is 5.09. The summed E-state index contributed by atoms with van der Waals surface area (Å²) in [5.41, 5.74) is 2.08. The molecule has 3 aromatic carbocycles. The highest BCUT2D eigenvalue weighted by molar-refractivity contribution is 7.99. The molecule has 0 aliphatic carbocycles. The molecule has 0 unspecified atom stereocenters. The van der Waals surface area contributed by atoms with Gasteiger partial charge in [-0.25, -0.2) is 4.98 Å². The molecule has 0 saturated heterocycles. The zero-order valence-electron chi connectivity index (χ0n) is 20.5. The van der Waals surface area contributed by atoms with Gasteiger partial charge in [0.1, 0.15) is 11.5 Å². The third-order valence-corrected chi connectivity index (χ3v) is 6.62. The molecule has 0 aliphatic heterocycles. The Labute approximate surface area is 219 Å². The normalized spacial score (nSPS) is 11.4. The number of nitrogens with zero attached hydrogens (tertiary/aromatic N) is 3. The second kappa shape index (κ2) is 11.8. The molecular weight excluding hydrogens is 482 g/mol. The van der Waals surface area contributed by atoms with Crippen LogP contribution in [0.4, 0.5) is 5.69 Å². The predicted octanol–water partition coefficient (Wildman–Crippen LogP) is 7.45. The van der Waals surface area contributed by atoms with Crippen molar-refractivity contribution < 1.29 is 9.15 Å². The number of fused-ring (bicyclic) bond motifs is 1. The van der Waals surface area contributed by atoms with Crippen molar-refractivity contribution in [1.29, 1.82) is 0 Å². The molecule has 0 atom stereocenters. The van der Waals surface area contributed by atoms with E-state index >= 15 is 0 Å². The Morgan fingerprint density at radius 2 is 1.73 bits per heavy atom. The van der Waals surface area contributed by atoms with Crippen LogP contribution < -0.4 is 10.3 Å². The van der Waals surface area contributed by atoms with Crippen LogP contribution in [0.3, 0.4) is 0 Å². The lowest BCUT2D eigenvalue weighted by Gasteiger charge is -2.12. The molecule has 5 aromatic rings. The summed E-state index contributed by atoms with van der Waals surface area (Å²) in [6.45, 7) is 2.91. The number of aromatic nitrogens is 2. The van der Waals surface area contributed by atoms with Gasteiger partial charge < -0.3 is 9.15 Å². The van der Waals surface area contributed by atoms with Gasteiger partial charge in [0.25, 0.3) is 5.56 Å². The summed E-state index contributed by atoms with van der Waals surface area (Å²) in [5, 5.41) is 1.71. The number of furan rings is 1. The number of hydrogen-bond donors (Lipinski definition) is 0. The highest BCUT2D eigenvalue weighted by atomic mass is 32.2. The van der Waals surface area contributed by atoms with Crippen molar-refractivity contribution in [2.45, 2.75) is 36.4 Å². The van der Waals surface area contributed by atoms with Crippen molar-refractivity contribution in [3.63, 3.8) is 0 Å². The summed E-state index contributed by atoms with van der Waals surface area (Å²) in [5.74, 6) is 1.45. The van der Waals surface area contributed by atoms with E-state index in [2.05, 4.69) is 11.9 Å². The molecule has 6 nitrogen and oxygen atoms in total. The third kappa shape index (κ3) is 6.01. The van der Waals surface area contributed by atoms with E-state index < -0.39 is 0 Å². The van der Waals surface area contributed by atoms with Gasteiger partial charge in [-0.2, -0.15) is 0 Å². The van der Waals surface area contributed by atoms with E-state index in [1.807, 2.05) is 84.9 Å². The largest absolute Gasteiger partial charge is 0.494 e. The van der Waals surface area contributed by atoms with Gasteiger partial charge in [-0.1, -0.05) is 50.1 Å². The van der Waals surface area contributed by atoms with E-state index in [0.717, 1.165) is 30.2 Å². The molecule has 0 radical (unpaired) electrons. The summed E-state index contributed by atoms with van der Waals surface area (Å²) >= 11 is 1.30. The molecule has 0 amide bonds. The Morgan fingerprint density at radius 3 is 2.54 bits per heavy atom. The van der Waals surface area contributed by atoms with E-state index in [1.165, 1.54) is 24.6 Å². The van der Waals surface area contributed by atoms with Crippen LogP contribution in [0.2, 0.25) is 0 Å². The Hall–Kier alpha value is -4.10. The third-order valence-electron chi connectivity index (χ3n) is 5.75. The van der Waals surface area contributed by atoms with Gasteiger partial charge in [0.2, 0.25) is 0 Å². The van der Waals surface area contributed by atoms with Crippen molar-refractivity contribution in [3.8, 4) is 11.4 Å². The molecular formula is C30H27N3O3S. The van der Waals surface area contributed by atoms with Crippen molar-refractivity contribution in [1.82, 2.24) is 9.55 Å². The number of rotatable bonds is 10. The van der Waals surface area contributed by atoms with Gasteiger partial charge in [0.15, 0.2) is 10.2 Å². The fraction of sp³-hybridized carbons (Fsp3) is 0.167. The van der Waals surface area contributed by atoms with Gasteiger partial charge in [-0.05, 0) is 78.8 Å². The minimum Gasteiger partial charge on any atom is -0.494 e. The molecule has 7 heteroatoms. The van der Waals surface area contributed by atoms with E-state index in [4.69, 9.17) is 14.1 Å². The maximum Gasteiger partial charge on any atom is 0.266 e. The first-order valence-electron chi connectivity index (χ1n) is 12.3. The van der Waals surface area contributed by atoms with Crippen LogP contribution in [-0.2, 0) is 0 Å². The van der Waals surface area contributed by atoms with Crippen LogP contribution in [0.5, 0.6) is 5.75 Å². The monoisotopic (exact) mass is 509 g/mol. The minimum absolute atomic E-state index is 0.120. The molecule has 2 aromatic heterocycles. The SMILES string of the molecule is CCCCCOc1ccc(N=Cc2ccc(Sc3nc4ccccc4c(=O)n3-c3ccccc3)o2)cc1. The highest BCUT2D eigenvalue weighted by Gasteiger charge is 2.15. The van der Waals surface area contributed by atoms with Crippen LogP contribution in [0.25, 0.3) is 16.6 Å². The molecule has 0 N–H and O–H groups in total. The number of unbranched alkanes of at least 4 members (excludes halogenated alkanes) is 2. The number of hydrogen-bond acceptors (Lipinski definition) is 6. The second-order valence-corrected chi connectivity index (χ2v) is 9.43. The van der Waals surface area contributed by atoms with Crippen LogP contribution in [0.15, 0.2) is 115 Å². The fourth-order valence-electron chi connectivity index (χ4n) is 3.84. The molecule has 5 rings (SSSR count). The zero-order valence-corrected chi connectivity index (χ0v) is 21.4. The maximum atomic E-state index is 13.4. The first kappa shape index (κ1) is 24.6. The Kier molecular flexibility index (Phi) is 7.81. The Morgan fingerprint density at radius 1 is 0.946 bits per heavy atom. The molecule has 0 saturated carbocycles. The molecule has 0 fully saturated rings. The smallest absolute Gasteiger partial charge is 0.266 e. The number of para-hydroxylation sites is 2. The second-order valence-electron chi connectivity index (χ2n) is 8.45. The van der Waals surface area contributed by atoms with Gasteiger partial charge >= 0.3 is 0 Å². The Bertz CT molecular complexity index is 1560. The van der Waals surface area contributed by atoms with E-state index in [-0.39, 0.29) is 5.56 Å². The first-order chi connectivity index (χ1) is 18.2. The first-order valence-corrected chi connectivity index (χ1v) is 13.1. The quantitative estimate of drug-likeness (QED) is 0.111. The lowest BCUT2D eigenvalue weighted by molar-refractivity contribution is 0.306. The van der Waals surface area contributed by atoms with Gasteiger partial charge in [-0.3, -0.25) is 14.4 Å². The zero-order chi connectivity index (χ0) is 25.5. The molecule has 0 spiro atoms. The van der Waals surface area contributed by atoms with Gasteiger partial charge in [0, 0.05) is 0 Å². The Balaban J connectivity index is 1.34. The number of benzene rings is 3. The van der Waals surface area contributed by atoms with Crippen molar-refractivity contribution >= 4 is 34.6 Å². The fourth-order valence-corrected chi connectivity index (χ4v) is 4.72. The molecule has 186 valence electrons. The lowest BCUT2D eigenvalue weighted by atomic mass is 10.2. The lowest BCUT2D eigenvalue weighted by Crippen LogP contribution is -2.21. The van der Waals surface area contributed by atoms with Crippen LogP contribution in [0.1, 0.15) is 31.9 Å². The summed E-state index contributed by atoms with van der Waals surface area (Å²) in [4.78, 5) is 22.6. The van der Waals surface area contributed by atoms with E-state index in [1.54, 1.807) is 16.8 Å². The average Bonchev–Trinajstić information content (AvgIpc) is 3.38. The van der Waals surface area contributed by atoms with Crippen LogP contribution in [-0.4, -0.2) is 22.4 Å². The highest BCUT2D eigenvalue weighted by Crippen LogP contribution is 2.30. The average molecular weight is 510 g/mol.